The minimum atomic E-state index is -2.27. The van der Waals surface area contributed by atoms with E-state index in [1.54, 1.807) is 6.92 Å². The summed E-state index contributed by atoms with van der Waals surface area (Å²) in [5.41, 5.74) is 0. The van der Waals surface area contributed by atoms with Gasteiger partial charge in [-0.15, -0.1) is 0 Å². The first kappa shape index (κ1) is 34.3. The van der Waals surface area contributed by atoms with Gasteiger partial charge in [-0.05, 0) is 0 Å². The van der Waals surface area contributed by atoms with Crippen LogP contribution in [-0.2, 0) is 23.9 Å². The fourth-order valence-electron chi connectivity index (χ4n) is 1.79. The molecular formula is C19H40N2O11+2. The van der Waals surface area contributed by atoms with Crippen LogP contribution in [0.2, 0.25) is 0 Å². The Morgan fingerprint density at radius 2 is 1.22 bits per heavy atom. The highest BCUT2D eigenvalue weighted by Crippen LogP contribution is 2.06. The highest BCUT2D eigenvalue weighted by Gasteiger charge is 2.29. The van der Waals surface area contributed by atoms with Gasteiger partial charge in [0.05, 0.1) is 55.3 Å². The van der Waals surface area contributed by atoms with Gasteiger partial charge in [-0.1, -0.05) is 6.92 Å². The topological polar surface area (TPSA) is 199 Å². The second-order valence-corrected chi connectivity index (χ2v) is 8.84. The van der Waals surface area contributed by atoms with Gasteiger partial charge >= 0.3 is 23.9 Å². The van der Waals surface area contributed by atoms with Crippen LogP contribution in [0.4, 0.5) is 0 Å². The first-order valence-corrected chi connectivity index (χ1v) is 9.72. The van der Waals surface area contributed by atoms with Gasteiger partial charge in [0.15, 0.2) is 18.3 Å². The van der Waals surface area contributed by atoms with Crippen LogP contribution < -0.4 is 0 Å². The van der Waals surface area contributed by atoms with Crippen molar-refractivity contribution in [3.63, 3.8) is 0 Å². The highest BCUT2D eigenvalue weighted by atomic mass is 16.5. The number of aliphatic carboxylic acids is 3. The predicted octanol–water partition coefficient (Wildman–Crippen LogP) is -1.95. The molecule has 13 heteroatoms. The lowest BCUT2D eigenvalue weighted by molar-refractivity contribution is -0.873. The molecule has 0 spiro atoms. The van der Waals surface area contributed by atoms with Crippen LogP contribution in [0.1, 0.15) is 19.8 Å². The summed E-state index contributed by atoms with van der Waals surface area (Å²) in [5, 5.41) is 49.6. The summed E-state index contributed by atoms with van der Waals surface area (Å²) in [7, 11) is 11.9. The number of aliphatic hydroxyl groups is 3. The van der Waals surface area contributed by atoms with Gasteiger partial charge in [-0.3, -0.25) is 9.59 Å². The van der Waals surface area contributed by atoms with Gasteiger partial charge < -0.3 is 44.3 Å². The van der Waals surface area contributed by atoms with Gasteiger partial charge in [0.2, 0.25) is 0 Å². The predicted molar refractivity (Wildman–Crippen MR) is 113 cm³/mol. The molecule has 13 nitrogen and oxygen atoms in total. The first-order chi connectivity index (χ1) is 14.3. The minimum Gasteiger partial charge on any atom is -0.481 e. The molecule has 0 rings (SSSR count). The number of aliphatic hydroxyl groups excluding tert-OH is 3. The van der Waals surface area contributed by atoms with Crippen LogP contribution in [0.5, 0.6) is 0 Å². The van der Waals surface area contributed by atoms with Crippen molar-refractivity contribution in [2.24, 2.45) is 0 Å². The molecule has 0 aromatic heterocycles. The van der Waals surface area contributed by atoms with Gasteiger partial charge in [0, 0.05) is 6.42 Å². The van der Waals surface area contributed by atoms with Crippen molar-refractivity contribution in [1.82, 2.24) is 0 Å². The number of likely N-dealkylation sites (N-methyl/N-ethyl adjacent to an activating group) is 2. The van der Waals surface area contributed by atoms with Crippen molar-refractivity contribution in [3.8, 4) is 0 Å². The molecule has 0 aliphatic rings. The number of carboxylic acids is 3. The maximum Gasteiger partial charge on any atom is 0.335 e. The van der Waals surface area contributed by atoms with Crippen molar-refractivity contribution in [3.05, 3.63) is 0 Å². The molecule has 0 saturated carbocycles. The van der Waals surface area contributed by atoms with E-state index in [1.807, 2.05) is 21.1 Å². The molecule has 0 amide bonds. The van der Waals surface area contributed by atoms with E-state index in [-0.39, 0.29) is 25.4 Å². The van der Waals surface area contributed by atoms with Gasteiger partial charge in [0.1, 0.15) is 13.1 Å². The monoisotopic (exact) mass is 472 g/mol. The molecule has 0 unspecified atom stereocenters. The third-order valence-electron chi connectivity index (χ3n) is 3.32. The number of hydrogen-bond acceptors (Lipinski definition) is 8. The first-order valence-electron chi connectivity index (χ1n) is 9.72. The molecule has 0 bridgehead atoms. The number of rotatable bonds is 11. The Kier molecular flexibility index (Phi) is 17.5. The zero-order valence-electron chi connectivity index (χ0n) is 19.9. The zero-order chi connectivity index (χ0) is 26.3. The largest absolute Gasteiger partial charge is 0.481 e. The Morgan fingerprint density at radius 3 is 1.41 bits per heavy atom. The summed E-state index contributed by atoms with van der Waals surface area (Å²) in [6, 6.07) is 0. The molecule has 0 aromatic carbocycles. The molecule has 0 radical (unpaired) electrons. The maximum atomic E-state index is 11.1. The van der Waals surface area contributed by atoms with E-state index >= 15 is 0 Å². The SMILES string of the molecule is CCC(=O)O[C@H](CC(=O)O)C[N+](C)(C)C.C[N+](C)(C)CCO.O=C(O)[C@@H](O)[C@H](O)C(=O)O. The standard InChI is InChI=1S/C10H19NO4.C5H14NO.C4H6O6/c1-5-10(14)15-8(6-9(12)13)7-11(2,3)4;1-6(2,3)4-5-7;5-1(3(7)8)2(6)4(9)10/h8H,5-7H2,1-4H3;7H,4-5H2,1-3H3;1-2,5-6H,(H,7,8)(H,9,10)/q;+1;/p+1/t8-;;1-,2-/m1.0/s1. The van der Waals surface area contributed by atoms with E-state index in [2.05, 4.69) is 21.1 Å². The second kappa shape index (κ2) is 16.3. The van der Waals surface area contributed by atoms with Crippen molar-refractivity contribution in [1.29, 1.82) is 0 Å². The average molecular weight is 473 g/mol. The van der Waals surface area contributed by atoms with Gasteiger partial charge in [0.25, 0.3) is 0 Å². The van der Waals surface area contributed by atoms with E-state index in [0.717, 1.165) is 11.0 Å². The molecule has 0 aliphatic carbocycles. The van der Waals surface area contributed by atoms with Crippen LogP contribution in [0.15, 0.2) is 0 Å². The third-order valence-corrected chi connectivity index (χ3v) is 3.32. The summed E-state index contributed by atoms with van der Waals surface area (Å²) >= 11 is 0. The van der Waals surface area contributed by atoms with Gasteiger partial charge in [-0.25, -0.2) is 9.59 Å². The van der Waals surface area contributed by atoms with Crippen molar-refractivity contribution in [2.75, 3.05) is 62.0 Å². The van der Waals surface area contributed by atoms with Crippen molar-refractivity contribution < 1.29 is 63.5 Å². The fourth-order valence-corrected chi connectivity index (χ4v) is 1.79. The van der Waals surface area contributed by atoms with E-state index < -0.39 is 36.2 Å². The minimum absolute atomic E-state index is 0.138. The van der Waals surface area contributed by atoms with E-state index in [4.69, 9.17) is 35.4 Å². The fraction of sp³-hybridized carbons (Fsp3) is 0.789. The molecule has 32 heavy (non-hydrogen) atoms. The molecule has 6 N–H and O–H groups in total. The Balaban J connectivity index is -0.000000427. The molecule has 0 heterocycles. The average Bonchev–Trinajstić information content (AvgIpc) is 2.58. The number of quaternary nitrogens is 2. The Labute approximate surface area is 188 Å². The summed E-state index contributed by atoms with van der Waals surface area (Å²) in [6.45, 7) is 3.30. The van der Waals surface area contributed by atoms with Crippen molar-refractivity contribution >= 4 is 23.9 Å². The molecule has 3 atom stereocenters. The summed E-state index contributed by atoms with van der Waals surface area (Å²) < 4.78 is 6.46. The van der Waals surface area contributed by atoms with E-state index in [0.29, 0.717) is 11.0 Å². The molecular weight excluding hydrogens is 432 g/mol. The quantitative estimate of drug-likeness (QED) is 0.144. The number of carboxylic acid groups (broad SMARTS) is 3. The molecule has 190 valence electrons. The zero-order valence-corrected chi connectivity index (χ0v) is 19.9. The summed E-state index contributed by atoms with van der Waals surface area (Å²) in [4.78, 5) is 41.2. The summed E-state index contributed by atoms with van der Waals surface area (Å²) in [6.07, 6.45) is -4.95. The van der Waals surface area contributed by atoms with Crippen LogP contribution in [-0.4, -0.2) is 144 Å². The maximum absolute atomic E-state index is 11.1. The van der Waals surface area contributed by atoms with Gasteiger partial charge in [-0.2, -0.15) is 0 Å². The lowest BCUT2D eigenvalue weighted by Gasteiger charge is -2.28. The highest BCUT2D eigenvalue weighted by molar-refractivity contribution is 5.83. The molecule has 0 fully saturated rings. The van der Waals surface area contributed by atoms with Crippen LogP contribution >= 0.6 is 0 Å². The van der Waals surface area contributed by atoms with E-state index in [9.17, 15) is 19.2 Å². The lowest BCUT2D eigenvalue weighted by atomic mass is 10.2. The number of hydrogen-bond donors (Lipinski definition) is 6. The summed E-state index contributed by atoms with van der Waals surface area (Å²) in [5.74, 6) is -4.84. The van der Waals surface area contributed by atoms with Crippen LogP contribution in [0.25, 0.3) is 0 Å². The molecule has 0 aromatic rings. The van der Waals surface area contributed by atoms with Crippen molar-refractivity contribution in [2.45, 2.75) is 38.1 Å². The second-order valence-electron chi connectivity index (χ2n) is 8.84. The smallest absolute Gasteiger partial charge is 0.335 e. The van der Waals surface area contributed by atoms with Crippen LogP contribution in [0, 0.1) is 0 Å². The number of esters is 1. The third kappa shape index (κ3) is 24.0. The van der Waals surface area contributed by atoms with Crippen LogP contribution in [0.3, 0.4) is 0 Å². The lowest BCUT2D eigenvalue weighted by Crippen LogP contribution is -2.43. The number of ether oxygens (including phenoxy) is 1. The molecule has 0 saturated heterocycles. The Hall–Kier alpha value is -2.32. The normalized spacial score (nSPS) is 13.8. The Bertz CT molecular complexity index is 565. The number of carbonyl (C=O) groups excluding carboxylic acids is 1. The number of carbonyl (C=O) groups is 4. The number of nitrogens with zero attached hydrogens (tertiary/aromatic N) is 2. The van der Waals surface area contributed by atoms with E-state index in [1.165, 1.54) is 0 Å². The molecule has 0 aliphatic heterocycles. The Morgan fingerprint density at radius 1 is 0.812 bits per heavy atom.